The monoisotopic (exact) mass is 305 g/mol. The summed E-state index contributed by atoms with van der Waals surface area (Å²) in [4.78, 5) is 2.75. The predicted molar refractivity (Wildman–Crippen MR) is 85.8 cm³/mol. The first kappa shape index (κ1) is 14.6. The highest BCUT2D eigenvalue weighted by Crippen LogP contribution is 2.25. The number of ether oxygens (including phenoxy) is 1. The Morgan fingerprint density at radius 3 is 3.10 bits per heavy atom. The van der Waals surface area contributed by atoms with Crippen molar-refractivity contribution < 1.29 is 4.74 Å². The molecule has 1 aliphatic carbocycles. The molecule has 0 atom stereocenters. The summed E-state index contributed by atoms with van der Waals surface area (Å²) in [6.07, 6.45) is 7.53. The van der Waals surface area contributed by atoms with Crippen LogP contribution in [0.2, 0.25) is 0 Å². The first-order valence-corrected chi connectivity index (χ1v) is 8.53. The molecule has 4 nitrogen and oxygen atoms in total. The molecule has 1 saturated carbocycles. The zero-order valence-electron chi connectivity index (χ0n) is 12.8. The summed E-state index contributed by atoms with van der Waals surface area (Å²) in [5.41, 5.74) is 1.29. The molecule has 2 aromatic rings. The van der Waals surface area contributed by atoms with E-state index in [0.717, 1.165) is 31.3 Å². The molecule has 0 spiro atoms. The summed E-state index contributed by atoms with van der Waals surface area (Å²) in [6.45, 7) is 6.88. The first-order valence-electron chi connectivity index (χ1n) is 7.71. The lowest BCUT2D eigenvalue weighted by molar-refractivity contribution is 0.305. The molecular formula is C16H23N3OS. The van der Waals surface area contributed by atoms with Gasteiger partial charge in [-0.3, -0.25) is 4.68 Å². The molecule has 0 radical (unpaired) electrons. The zero-order valence-corrected chi connectivity index (χ0v) is 13.6. The quantitative estimate of drug-likeness (QED) is 0.811. The van der Waals surface area contributed by atoms with E-state index in [1.807, 2.05) is 22.2 Å². The number of nitrogens with one attached hydrogen (secondary N) is 1. The minimum absolute atomic E-state index is 0.629. The van der Waals surface area contributed by atoms with Crippen LogP contribution in [0, 0.1) is 6.92 Å². The lowest BCUT2D eigenvalue weighted by Gasteiger charge is -2.02. The van der Waals surface area contributed by atoms with Crippen LogP contribution in [0.15, 0.2) is 18.5 Å². The molecule has 114 valence electrons. The van der Waals surface area contributed by atoms with E-state index in [9.17, 15) is 0 Å². The highest BCUT2D eigenvalue weighted by molar-refractivity contribution is 7.12. The van der Waals surface area contributed by atoms with Crippen molar-refractivity contribution in [3.63, 3.8) is 0 Å². The Morgan fingerprint density at radius 1 is 1.48 bits per heavy atom. The summed E-state index contributed by atoms with van der Waals surface area (Å²) < 4.78 is 7.79. The van der Waals surface area contributed by atoms with E-state index in [0.29, 0.717) is 6.61 Å². The molecule has 3 rings (SSSR count). The van der Waals surface area contributed by atoms with Crippen LogP contribution in [0.3, 0.4) is 0 Å². The van der Waals surface area contributed by atoms with Gasteiger partial charge >= 0.3 is 0 Å². The van der Waals surface area contributed by atoms with Crippen molar-refractivity contribution in [1.29, 1.82) is 0 Å². The van der Waals surface area contributed by atoms with Gasteiger partial charge in [0.25, 0.3) is 0 Å². The summed E-state index contributed by atoms with van der Waals surface area (Å²) >= 11 is 1.87. The largest absolute Gasteiger partial charge is 0.486 e. The van der Waals surface area contributed by atoms with Gasteiger partial charge in [-0.05, 0) is 32.3 Å². The summed E-state index contributed by atoms with van der Waals surface area (Å²) in [6, 6.07) is 3.03. The minimum Gasteiger partial charge on any atom is -0.486 e. The van der Waals surface area contributed by atoms with Crippen molar-refractivity contribution >= 4 is 11.3 Å². The highest BCUT2D eigenvalue weighted by atomic mass is 32.1. The predicted octanol–water partition coefficient (Wildman–Crippen LogP) is 3.49. The van der Waals surface area contributed by atoms with Crippen molar-refractivity contribution in [2.24, 2.45) is 0 Å². The van der Waals surface area contributed by atoms with Crippen LogP contribution >= 0.6 is 11.3 Å². The van der Waals surface area contributed by atoms with E-state index >= 15 is 0 Å². The Labute approximate surface area is 130 Å². The highest BCUT2D eigenvalue weighted by Gasteiger charge is 2.20. The second kappa shape index (κ2) is 6.62. The van der Waals surface area contributed by atoms with Crippen molar-refractivity contribution in [3.8, 4) is 5.75 Å². The Bertz CT molecular complexity index is 586. The maximum absolute atomic E-state index is 5.85. The molecule has 5 heteroatoms. The van der Waals surface area contributed by atoms with Crippen LogP contribution < -0.4 is 10.1 Å². The second-order valence-corrected chi connectivity index (χ2v) is 7.02. The van der Waals surface area contributed by atoms with Gasteiger partial charge < -0.3 is 10.1 Å². The van der Waals surface area contributed by atoms with Gasteiger partial charge in [-0.2, -0.15) is 5.10 Å². The molecule has 1 N–H and O–H groups in total. The number of rotatable bonds is 8. The Morgan fingerprint density at radius 2 is 2.33 bits per heavy atom. The van der Waals surface area contributed by atoms with E-state index in [4.69, 9.17) is 4.74 Å². The molecule has 0 aromatic carbocycles. The van der Waals surface area contributed by atoms with Gasteiger partial charge in [0.15, 0.2) is 5.75 Å². The van der Waals surface area contributed by atoms with Gasteiger partial charge in [0.2, 0.25) is 0 Å². The van der Waals surface area contributed by atoms with E-state index in [-0.39, 0.29) is 0 Å². The summed E-state index contributed by atoms with van der Waals surface area (Å²) in [5, 5.41) is 7.85. The third-order valence-corrected chi connectivity index (χ3v) is 4.76. The van der Waals surface area contributed by atoms with Gasteiger partial charge in [0, 0.05) is 34.4 Å². The molecule has 2 aromatic heterocycles. The number of nitrogens with zero attached hydrogens (tertiary/aromatic N) is 2. The zero-order chi connectivity index (χ0) is 14.7. The smallest absolute Gasteiger partial charge is 0.157 e. The van der Waals surface area contributed by atoms with E-state index in [1.165, 1.54) is 28.2 Å². The van der Waals surface area contributed by atoms with Crippen molar-refractivity contribution in [1.82, 2.24) is 15.1 Å². The molecule has 0 amide bonds. The third-order valence-electron chi connectivity index (χ3n) is 3.67. The standard InChI is InChI=1S/C16H23N3OS/c1-3-6-19-10-15(8-18-19)20-11-13-7-16(21-12(13)2)9-17-14-4-5-14/h7-8,10,14,17H,3-6,9,11H2,1-2H3. The Kier molecular flexibility index (Phi) is 4.60. The van der Waals surface area contributed by atoms with E-state index < -0.39 is 0 Å². The molecule has 21 heavy (non-hydrogen) atoms. The maximum atomic E-state index is 5.85. The fraction of sp³-hybridized carbons (Fsp3) is 0.562. The molecule has 0 aliphatic heterocycles. The average molecular weight is 305 g/mol. The molecular weight excluding hydrogens is 282 g/mol. The molecule has 0 bridgehead atoms. The van der Waals surface area contributed by atoms with E-state index in [2.05, 4.69) is 30.3 Å². The molecule has 2 heterocycles. The lowest BCUT2D eigenvalue weighted by Crippen LogP contribution is -2.14. The van der Waals surface area contributed by atoms with Gasteiger partial charge in [-0.1, -0.05) is 6.92 Å². The normalized spacial score (nSPS) is 14.6. The lowest BCUT2D eigenvalue weighted by atomic mass is 10.2. The van der Waals surface area contributed by atoms with Crippen molar-refractivity contribution in [2.45, 2.75) is 58.8 Å². The fourth-order valence-electron chi connectivity index (χ4n) is 2.28. The number of hydrogen-bond donors (Lipinski definition) is 1. The Hall–Kier alpha value is -1.33. The van der Waals surface area contributed by atoms with Crippen LogP contribution in [0.4, 0.5) is 0 Å². The number of aromatic nitrogens is 2. The summed E-state index contributed by atoms with van der Waals surface area (Å²) in [7, 11) is 0. The van der Waals surface area contributed by atoms with Crippen LogP contribution in [0.5, 0.6) is 5.75 Å². The van der Waals surface area contributed by atoms with Crippen LogP contribution in [0.25, 0.3) is 0 Å². The maximum Gasteiger partial charge on any atom is 0.157 e. The van der Waals surface area contributed by atoms with Crippen molar-refractivity contribution in [2.75, 3.05) is 0 Å². The van der Waals surface area contributed by atoms with Gasteiger partial charge in [-0.15, -0.1) is 11.3 Å². The molecule has 1 fully saturated rings. The van der Waals surface area contributed by atoms with Crippen molar-refractivity contribution in [3.05, 3.63) is 33.8 Å². The third kappa shape index (κ3) is 4.08. The molecule has 0 unspecified atom stereocenters. The number of thiophene rings is 1. The first-order chi connectivity index (χ1) is 10.2. The number of hydrogen-bond acceptors (Lipinski definition) is 4. The molecule has 1 aliphatic rings. The van der Waals surface area contributed by atoms with Crippen LogP contribution in [-0.2, 0) is 19.7 Å². The fourth-order valence-corrected chi connectivity index (χ4v) is 3.28. The average Bonchev–Trinajstić information content (AvgIpc) is 3.09. The summed E-state index contributed by atoms with van der Waals surface area (Å²) in [5.74, 6) is 0.853. The van der Waals surface area contributed by atoms with Gasteiger partial charge in [0.05, 0.1) is 12.4 Å². The van der Waals surface area contributed by atoms with Gasteiger partial charge in [0.1, 0.15) is 6.61 Å². The Balaban J connectivity index is 1.53. The van der Waals surface area contributed by atoms with E-state index in [1.54, 1.807) is 6.20 Å². The SMILES string of the molecule is CCCn1cc(OCc2cc(CNC3CC3)sc2C)cn1. The molecule has 0 saturated heterocycles. The van der Waals surface area contributed by atoms with Gasteiger partial charge in [-0.25, -0.2) is 0 Å². The topological polar surface area (TPSA) is 39.1 Å². The number of aryl methyl sites for hydroxylation is 2. The minimum atomic E-state index is 0.629. The van der Waals surface area contributed by atoms with Crippen LogP contribution in [-0.4, -0.2) is 15.8 Å². The second-order valence-electron chi connectivity index (χ2n) is 5.68. The van der Waals surface area contributed by atoms with Crippen LogP contribution in [0.1, 0.15) is 41.5 Å².